The monoisotopic (exact) mass is 371 g/mol. The van der Waals surface area contributed by atoms with Crippen molar-refractivity contribution in [3.05, 3.63) is 30.5 Å². The highest BCUT2D eigenvalue weighted by molar-refractivity contribution is 5.92. The maximum absolute atomic E-state index is 12.7. The van der Waals surface area contributed by atoms with Crippen LogP contribution in [0.2, 0.25) is 0 Å². The van der Waals surface area contributed by atoms with Gasteiger partial charge in [0.15, 0.2) is 0 Å². The van der Waals surface area contributed by atoms with Crippen LogP contribution >= 0.6 is 0 Å². The van der Waals surface area contributed by atoms with Gasteiger partial charge in [0.25, 0.3) is 5.91 Å². The number of nitrogens with zero attached hydrogens (tertiary/aromatic N) is 7. The molecule has 0 spiro atoms. The summed E-state index contributed by atoms with van der Waals surface area (Å²) in [4.78, 5) is 32.0. The van der Waals surface area contributed by atoms with Crippen molar-refractivity contribution in [3.63, 3.8) is 0 Å². The Morgan fingerprint density at radius 2 is 2.07 bits per heavy atom. The van der Waals surface area contributed by atoms with Gasteiger partial charge >= 0.3 is 0 Å². The molecule has 2 aromatic heterocycles. The summed E-state index contributed by atoms with van der Waals surface area (Å²) in [6, 6.07) is 1.89. The molecule has 4 rings (SSSR count). The minimum Gasteiger partial charge on any atom is -0.391 e. The standard InChI is InChI=1S/C18H25N7O2/c1-22-13-19-11-15(22)17(27)23-6-2-7-24(10-9-23)18-20-5-3-16(21-18)25-8-4-14(26)12-25/h3,5,11,13-14,26H,2,4,6-10,12H2,1H3. The lowest BCUT2D eigenvalue weighted by atomic mass is 10.3. The van der Waals surface area contributed by atoms with Crippen molar-refractivity contribution in [1.82, 2.24) is 24.4 Å². The number of amides is 1. The van der Waals surface area contributed by atoms with Crippen LogP contribution in [0.15, 0.2) is 24.8 Å². The van der Waals surface area contributed by atoms with Gasteiger partial charge in [0.1, 0.15) is 11.5 Å². The number of carbonyl (C=O) groups is 1. The molecule has 1 unspecified atom stereocenters. The van der Waals surface area contributed by atoms with Crippen LogP contribution in [-0.2, 0) is 7.05 Å². The molecular formula is C18H25N7O2. The molecule has 2 aliphatic rings. The molecule has 27 heavy (non-hydrogen) atoms. The lowest BCUT2D eigenvalue weighted by molar-refractivity contribution is 0.0757. The zero-order valence-electron chi connectivity index (χ0n) is 15.5. The zero-order chi connectivity index (χ0) is 18.8. The average Bonchev–Trinajstić information content (AvgIpc) is 3.22. The van der Waals surface area contributed by atoms with E-state index in [4.69, 9.17) is 4.98 Å². The van der Waals surface area contributed by atoms with E-state index in [0.29, 0.717) is 37.8 Å². The first-order chi connectivity index (χ1) is 13.1. The quantitative estimate of drug-likeness (QED) is 0.820. The Kier molecular flexibility index (Phi) is 4.93. The summed E-state index contributed by atoms with van der Waals surface area (Å²) in [7, 11) is 1.83. The van der Waals surface area contributed by atoms with Crippen LogP contribution < -0.4 is 9.80 Å². The fraction of sp³-hybridized carbons (Fsp3) is 0.556. The smallest absolute Gasteiger partial charge is 0.272 e. The Labute approximate surface area is 158 Å². The van der Waals surface area contributed by atoms with E-state index in [2.05, 4.69) is 19.8 Å². The minimum atomic E-state index is -0.284. The summed E-state index contributed by atoms with van der Waals surface area (Å²) in [5, 5.41) is 9.76. The van der Waals surface area contributed by atoms with Crippen molar-refractivity contribution < 1.29 is 9.90 Å². The summed E-state index contributed by atoms with van der Waals surface area (Å²) < 4.78 is 1.75. The molecule has 2 saturated heterocycles. The Morgan fingerprint density at radius 3 is 2.81 bits per heavy atom. The SMILES string of the molecule is Cn1cncc1C(=O)N1CCCN(c2nccc(N3CCC(O)C3)n2)CC1. The summed E-state index contributed by atoms with van der Waals surface area (Å²) >= 11 is 0. The summed E-state index contributed by atoms with van der Waals surface area (Å²) in [6.07, 6.45) is 6.38. The van der Waals surface area contributed by atoms with E-state index >= 15 is 0 Å². The molecule has 9 heteroatoms. The van der Waals surface area contributed by atoms with Crippen LogP contribution in [-0.4, -0.2) is 80.8 Å². The number of hydrogen-bond donors (Lipinski definition) is 1. The highest BCUT2D eigenvalue weighted by atomic mass is 16.3. The van der Waals surface area contributed by atoms with Gasteiger partial charge in [-0.3, -0.25) is 4.79 Å². The van der Waals surface area contributed by atoms with E-state index in [0.717, 1.165) is 31.7 Å². The molecule has 1 atom stereocenters. The van der Waals surface area contributed by atoms with Crippen molar-refractivity contribution in [2.75, 3.05) is 49.1 Å². The van der Waals surface area contributed by atoms with Gasteiger partial charge in [-0.05, 0) is 18.9 Å². The van der Waals surface area contributed by atoms with Crippen LogP contribution in [0.1, 0.15) is 23.3 Å². The Balaban J connectivity index is 1.44. The highest BCUT2D eigenvalue weighted by Gasteiger charge is 2.25. The van der Waals surface area contributed by atoms with Crippen LogP contribution in [0.4, 0.5) is 11.8 Å². The third-order valence-corrected chi connectivity index (χ3v) is 5.22. The first kappa shape index (κ1) is 17.7. The van der Waals surface area contributed by atoms with Crippen LogP contribution in [0.3, 0.4) is 0 Å². The number of imidazole rings is 1. The van der Waals surface area contributed by atoms with Crippen LogP contribution in [0, 0.1) is 0 Å². The average molecular weight is 371 g/mol. The Morgan fingerprint density at radius 1 is 1.19 bits per heavy atom. The van der Waals surface area contributed by atoms with Crippen LogP contribution in [0.5, 0.6) is 0 Å². The van der Waals surface area contributed by atoms with Gasteiger partial charge in [0, 0.05) is 52.5 Å². The second-order valence-corrected chi connectivity index (χ2v) is 7.13. The number of rotatable bonds is 3. The first-order valence-corrected chi connectivity index (χ1v) is 9.38. The van der Waals surface area contributed by atoms with Crippen molar-refractivity contribution in [2.45, 2.75) is 18.9 Å². The molecular weight excluding hydrogens is 346 g/mol. The number of aromatic nitrogens is 4. The molecule has 0 saturated carbocycles. The first-order valence-electron chi connectivity index (χ1n) is 9.38. The van der Waals surface area contributed by atoms with E-state index in [-0.39, 0.29) is 12.0 Å². The van der Waals surface area contributed by atoms with Gasteiger partial charge in [-0.1, -0.05) is 0 Å². The van der Waals surface area contributed by atoms with Gasteiger partial charge in [0.2, 0.25) is 5.95 Å². The Bertz CT molecular complexity index is 809. The topological polar surface area (TPSA) is 90.6 Å². The van der Waals surface area contributed by atoms with Gasteiger partial charge < -0.3 is 24.4 Å². The molecule has 1 amide bonds. The molecule has 9 nitrogen and oxygen atoms in total. The van der Waals surface area contributed by atoms with Crippen molar-refractivity contribution >= 4 is 17.7 Å². The lowest BCUT2D eigenvalue weighted by Crippen LogP contribution is -2.36. The number of β-amino-alcohol motifs (C(OH)–C–C–N with tert-alkyl or cyclic N) is 1. The van der Waals surface area contributed by atoms with Crippen molar-refractivity contribution in [3.8, 4) is 0 Å². The molecule has 4 heterocycles. The molecule has 0 bridgehead atoms. The molecule has 0 radical (unpaired) electrons. The van der Waals surface area contributed by atoms with E-state index in [1.807, 2.05) is 18.0 Å². The summed E-state index contributed by atoms with van der Waals surface area (Å²) in [5.41, 5.74) is 0.606. The number of anilines is 2. The number of aliphatic hydroxyl groups excluding tert-OH is 1. The predicted octanol–water partition coefficient (Wildman–Crippen LogP) is 0.134. The van der Waals surface area contributed by atoms with Crippen LogP contribution in [0.25, 0.3) is 0 Å². The lowest BCUT2D eigenvalue weighted by Gasteiger charge is -2.23. The van der Waals surface area contributed by atoms with Gasteiger partial charge in [0.05, 0.1) is 18.6 Å². The second kappa shape index (κ2) is 7.51. The zero-order valence-corrected chi connectivity index (χ0v) is 15.5. The summed E-state index contributed by atoms with van der Waals surface area (Å²) in [6.45, 7) is 4.25. The molecule has 1 N–H and O–H groups in total. The summed E-state index contributed by atoms with van der Waals surface area (Å²) in [5.74, 6) is 1.55. The normalized spacial score (nSPS) is 20.8. The molecule has 2 aliphatic heterocycles. The Hall–Kier alpha value is -2.68. The highest BCUT2D eigenvalue weighted by Crippen LogP contribution is 2.21. The number of aliphatic hydroxyl groups is 1. The minimum absolute atomic E-state index is 0.0116. The van der Waals surface area contributed by atoms with E-state index < -0.39 is 0 Å². The van der Waals surface area contributed by atoms with E-state index in [1.54, 1.807) is 23.3 Å². The number of aryl methyl sites for hydroxylation is 1. The fourth-order valence-electron chi connectivity index (χ4n) is 3.66. The molecule has 144 valence electrons. The van der Waals surface area contributed by atoms with E-state index in [9.17, 15) is 9.90 Å². The third kappa shape index (κ3) is 3.73. The third-order valence-electron chi connectivity index (χ3n) is 5.22. The second-order valence-electron chi connectivity index (χ2n) is 7.13. The molecule has 2 aromatic rings. The van der Waals surface area contributed by atoms with Gasteiger partial charge in [-0.25, -0.2) is 9.97 Å². The van der Waals surface area contributed by atoms with E-state index in [1.165, 1.54) is 0 Å². The van der Waals surface area contributed by atoms with Crippen molar-refractivity contribution in [1.29, 1.82) is 0 Å². The predicted molar refractivity (Wildman–Crippen MR) is 101 cm³/mol. The van der Waals surface area contributed by atoms with Crippen molar-refractivity contribution in [2.24, 2.45) is 7.05 Å². The molecule has 0 aromatic carbocycles. The number of carbonyl (C=O) groups excluding carboxylic acids is 1. The van der Waals surface area contributed by atoms with Gasteiger partial charge in [-0.2, -0.15) is 4.98 Å². The fourth-order valence-corrected chi connectivity index (χ4v) is 3.66. The number of hydrogen-bond acceptors (Lipinski definition) is 7. The molecule has 0 aliphatic carbocycles. The molecule has 2 fully saturated rings. The van der Waals surface area contributed by atoms with Gasteiger partial charge in [-0.15, -0.1) is 0 Å². The maximum atomic E-state index is 12.7. The maximum Gasteiger partial charge on any atom is 0.272 e. The largest absolute Gasteiger partial charge is 0.391 e.